The number of nitrogens with one attached hydrogen (secondary N) is 3. The van der Waals surface area contributed by atoms with E-state index >= 15 is 0 Å². The zero-order valence-electron chi connectivity index (χ0n) is 25.2. The third-order valence-electron chi connectivity index (χ3n) is 6.50. The number of ether oxygens (including phenoxy) is 1. The maximum atomic E-state index is 13.3. The fourth-order valence-electron chi connectivity index (χ4n) is 4.13. The molecule has 0 heterocycles. The van der Waals surface area contributed by atoms with Gasteiger partial charge in [-0.1, -0.05) is 61.4 Å². The van der Waals surface area contributed by atoms with Crippen molar-refractivity contribution in [3.63, 3.8) is 0 Å². The van der Waals surface area contributed by atoms with E-state index in [0.29, 0.717) is 29.1 Å². The number of rotatable bonds is 13. The molecule has 0 aliphatic heterocycles. The van der Waals surface area contributed by atoms with Crippen LogP contribution in [0, 0.1) is 6.92 Å². The number of esters is 1. The van der Waals surface area contributed by atoms with Crippen molar-refractivity contribution in [2.75, 3.05) is 23.0 Å². The number of anilines is 2. The summed E-state index contributed by atoms with van der Waals surface area (Å²) in [6, 6.07) is 30.0. The molecule has 8 nitrogen and oxygen atoms in total. The molecule has 0 unspecified atom stereocenters. The predicted molar refractivity (Wildman–Crippen MR) is 179 cm³/mol. The summed E-state index contributed by atoms with van der Waals surface area (Å²) in [4.78, 5) is 51.5. The first-order valence-electron chi connectivity index (χ1n) is 14.6. The Hall–Kier alpha value is -5.15. The summed E-state index contributed by atoms with van der Waals surface area (Å²) in [5.74, 6) is -1.28. The van der Waals surface area contributed by atoms with Gasteiger partial charge in [0.15, 0.2) is 0 Å². The van der Waals surface area contributed by atoms with Gasteiger partial charge in [0.1, 0.15) is 5.70 Å². The topological polar surface area (TPSA) is 114 Å². The van der Waals surface area contributed by atoms with Crippen molar-refractivity contribution in [3.05, 3.63) is 131 Å². The second-order valence-electron chi connectivity index (χ2n) is 10.2. The van der Waals surface area contributed by atoms with Crippen LogP contribution in [-0.2, 0) is 14.3 Å². The Morgan fingerprint density at radius 3 is 2.16 bits per heavy atom. The van der Waals surface area contributed by atoms with Crippen molar-refractivity contribution in [1.29, 1.82) is 0 Å². The monoisotopic (exact) mass is 621 g/mol. The minimum atomic E-state index is -0.471. The largest absolute Gasteiger partial charge is 0.462 e. The summed E-state index contributed by atoms with van der Waals surface area (Å²) in [6.07, 6.45) is 3.40. The van der Waals surface area contributed by atoms with Crippen molar-refractivity contribution < 1.29 is 23.9 Å². The SMILES string of the molecule is CCCCOC(=O)c1ccc(NC(=O)CSc2ccc(NC(=O)/C(=C/c3cccc(C)c3)NC(=O)c3ccccc3)cc2)cc1. The number of aryl methyl sites for hydroxylation is 1. The third kappa shape index (κ3) is 10.5. The maximum absolute atomic E-state index is 13.3. The van der Waals surface area contributed by atoms with E-state index in [1.807, 2.05) is 44.2 Å². The van der Waals surface area contributed by atoms with E-state index in [-0.39, 0.29) is 23.3 Å². The molecule has 3 amide bonds. The first-order chi connectivity index (χ1) is 21.8. The zero-order valence-corrected chi connectivity index (χ0v) is 26.0. The van der Waals surface area contributed by atoms with E-state index in [9.17, 15) is 19.2 Å². The molecule has 0 saturated carbocycles. The number of carbonyl (C=O) groups is 4. The molecule has 0 aromatic heterocycles. The van der Waals surface area contributed by atoms with Crippen LogP contribution < -0.4 is 16.0 Å². The van der Waals surface area contributed by atoms with Crippen LogP contribution in [0.5, 0.6) is 0 Å². The molecule has 4 rings (SSSR count). The van der Waals surface area contributed by atoms with Gasteiger partial charge < -0.3 is 20.7 Å². The fraction of sp³-hybridized carbons (Fsp3) is 0.167. The fourth-order valence-corrected chi connectivity index (χ4v) is 4.83. The van der Waals surface area contributed by atoms with Crippen LogP contribution in [0.25, 0.3) is 6.08 Å². The van der Waals surface area contributed by atoms with Gasteiger partial charge in [-0.05, 0) is 85.6 Å². The van der Waals surface area contributed by atoms with Crippen molar-refractivity contribution in [1.82, 2.24) is 5.32 Å². The molecular formula is C36H35N3O5S. The quantitative estimate of drug-likeness (QED) is 0.0636. The number of carbonyl (C=O) groups excluding carboxylic acids is 4. The number of hydrogen-bond donors (Lipinski definition) is 3. The second-order valence-corrected chi connectivity index (χ2v) is 11.2. The summed E-state index contributed by atoms with van der Waals surface area (Å²) in [5, 5.41) is 8.41. The van der Waals surface area contributed by atoms with Gasteiger partial charge >= 0.3 is 5.97 Å². The van der Waals surface area contributed by atoms with E-state index in [1.54, 1.807) is 78.9 Å². The highest BCUT2D eigenvalue weighted by atomic mass is 32.2. The van der Waals surface area contributed by atoms with Gasteiger partial charge in [0.2, 0.25) is 5.91 Å². The van der Waals surface area contributed by atoms with Gasteiger partial charge in [0.05, 0.1) is 17.9 Å². The average molecular weight is 622 g/mol. The number of amides is 3. The molecule has 0 saturated heterocycles. The summed E-state index contributed by atoms with van der Waals surface area (Å²) in [6.45, 7) is 4.37. The summed E-state index contributed by atoms with van der Waals surface area (Å²) in [5.41, 5.74) is 3.89. The van der Waals surface area contributed by atoms with Gasteiger partial charge in [-0.2, -0.15) is 0 Å². The first-order valence-corrected chi connectivity index (χ1v) is 15.6. The second kappa shape index (κ2) is 16.6. The van der Waals surface area contributed by atoms with E-state index in [2.05, 4.69) is 16.0 Å². The van der Waals surface area contributed by atoms with Crippen molar-refractivity contribution in [3.8, 4) is 0 Å². The number of unbranched alkanes of at least 4 members (excludes halogenated alkanes) is 1. The average Bonchev–Trinajstić information content (AvgIpc) is 3.05. The summed E-state index contributed by atoms with van der Waals surface area (Å²) in [7, 11) is 0. The Kier molecular flexibility index (Phi) is 12.1. The van der Waals surface area contributed by atoms with Gasteiger partial charge in [0, 0.05) is 21.8 Å². The van der Waals surface area contributed by atoms with Gasteiger partial charge in [-0.25, -0.2) is 4.79 Å². The normalized spacial score (nSPS) is 10.9. The van der Waals surface area contributed by atoms with Crippen molar-refractivity contribution in [2.24, 2.45) is 0 Å². The van der Waals surface area contributed by atoms with Crippen molar-refractivity contribution in [2.45, 2.75) is 31.6 Å². The molecule has 0 bridgehead atoms. The Morgan fingerprint density at radius 2 is 1.47 bits per heavy atom. The molecule has 4 aromatic rings. The van der Waals surface area contributed by atoms with E-state index < -0.39 is 11.8 Å². The highest BCUT2D eigenvalue weighted by Crippen LogP contribution is 2.22. The smallest absolute Gasteiger partial charge is 0.338 e. The van der Waals surface area contributed by atoms with Crippen LogP contribution in [0.4, 0.5) is 11.4 Å². The molecule has 0 aliphatic carbocycles. The van der Waals surface area contributed by atoms with Gasteiger partial charge in [0.25, 0.3) is 11.8 Å². The minimum Gasteiger partial charge on any atom is -0.462 e. The highest BCUT2D eigenvalue weighted by molar-refractivity contribution is 8.00. The van der Waals surface area contributed by atoms with Gasteiger partial charge in [-0.3, -0.25) is 14.4 Å². The van der Waals surface area contributed by atoms with Crippen LogP contribution in [0.15, 0.2) is 114 Å². The Bertz CT molecular complexity index is 1650. The summed E-state index contributed by atoms with van der Waals surface area (Å²) >= 11 is 1.34. The molecule has 3 N–H and O–H groups in total. The predicted octanol–water partition coefficient (Wildman–Crippen LogP) is 7.09. The van der Waals surface area contributed by atoms with Gasteiger partial charge in [-0.15, -0.1) is 11.8 Å². The molecule has 0 radical (unpaired) electrons. The first kappa shape index (κ1) is 32.8. The number of thioether (sulfide) groups is 1. The highest BCUT2D eigenvalue weighted by Gasteiger charge is 2.15. The van der Waals surface area contributed by atoms with E-state index in [4.69, 9.17) is 4.74 Å². The van der Waals surface area contributed by atoms with E-state index in [0.717, 1.165) is 28.9 Å². The van der Waals surface area contributed by atoms with Crippen molar-refractivity contribution >= 4 is 52.9 Å². The molecule has 9 heteroatoms. The molecule has 230 valence electrons. The van der Waals surface area contributed by atoms with Crippen LogP contribution >= 0.6 is 11.8 Å². The summed E-state index contributed by atoms with van der Waals surface area (Å²) < 4.78 is 5.21. The molecule has 0 spiro atoms. The lowest BCUT2D eigenvalue weighted by Gasteiger charge is -2.12. The number of hydrogen-bond acceptors (Lipinski definition) is 6. The molecule has 0 atom stereocenters. The molecular weight excluding hydrogens is 586 g/mol. The maximum Gasteiger partial charge on any atom is 0.338 e. The Labute approximate surface area is 267 Å². The van der Waals surface area contributed by atoms with Crippen LogP contribution in [0.1, 0.15) is 51.6 Å². The lowest BCUT2D eigenvalue weighted by atomic mass is 10.1. The minimum absolute atomic E-state index is 0.103. The Morgan fingerprint density at radius 1 is 0.778 bits per heavy atom. The van der Waals surface area contributed by atoms with E-state index in [1.165, 1.54) is 11.8 Å². The van der Waals surface area contributed by atoms with Crippen LogP contribution in [-0.4, -0.2) is 36.1 Å². The van der Waals surface area contributed by atoms with Crippen LogP contribution in [0.3, 0.4) is 0 Å². The zero-order chi connectivity index (χ0) is 32.0. The lowest BCUT2D eigenvalue weighted by Crippen LogP contribution is -2.30. The molecule has 4 aromatic carbocycles. The third-order valence-corrected chi connectivity index (χ3v) is 7.51. The number of benzene rings is 4. The lowest BCUT2D eigenvalue weighted by molar-refractivity contribution is -0.114. The molecule has 0 fully saturated rings. The van der Waals surface area contributed by atoms with Crippen LogP contribution in [0.2, 0.25) is 0 Å². The standard InChI is InChI=1S/C36H35N3O5S/c1-3-4-21-44-36(43)28-13-15-29(16-14-28)37-33(40)24-45-31-19-17-30(18-20-31)38-35(42)32(23-26-10-8-9-25(2)22-26)39-34(41)27-11-6-5-7-12-27/h5-20,22-23H,3-4,21,24H2,1-2H3,(H,37,40)(H,38,42)(H,39,41)/b32-23-. The molecule has 45 heavy (non-hydrogen) atoms. The Balaban J connectivity index is 1.32. The molecule has 0 aliphatic rings.